The van der Waals surface area contributed by atoms with Gasteiger partial charge < -0.3 is 0 Å². The number of alkyl halides is 6. The van der Waals surface area contributed by atoms with E-state index in [1.807, 2.05) is 13.8 Å². The van der Waals surface area contributed by atoms with Crippen molar-refractivity contribution in [3.8, 4) is 0 Å². The molecule has 0 radical (unpaired) electrons. The molecule has 0 saturated heterocycles. The van der Waals surface area contributed by atoms with Crippen LogP contribution in [0.4, 0.5) is 43.9 Å². The van der Waals surface area contributed by atoms with E-state index in [0.29, 0.717) is 26.2 Å². The largest absolute Gasteiger partial charge is 0.376 e. The van der Waals surface area contributed by atoms with Crippen LogP contribution in [0.3, 0.4) is 0 Å². The third kappa shape index (κ3) is 7.78. The molecule has 222 valence electrons. The van der Waals surface area contributed by atoms with Gasteiger partial charge in [-0.25, -0.2) is 17.6 Å². The Hall–Kier alpha value is -1.05. The average Bonchev–Trinajstić information content (AvgIpc) is 2.85. The summed E-state index contributed by atoms with van der Waals surface area (Å²) in [6.45, 7) is 7.65. The van der Waals surface area contributed by atoms with Crippen molar-refractivity contribution in [1.29, 1.82) is 0 Å². The fourth-order valence-electron chi connectivity index (χ4n) is 4.52. The van der Waals surface area contributed by atoms with Crippen LogP contribution in [-0.4, -0.2) is 23.7 Å². The zero-order valence-electron chi connectivity index (χ0n) is 22.7. The summed E-state index contributed by atoms with van der Waals surface area (Å²) in [5.41, 5.74) is -6.80. The molecule has 0 aliphatic rings. The van der Waals surface area contributed by atoms with Gasteiger partial charge >= 0.3 is 17.5 Å². The maximum absolute atomic E-state index is 15.5. The first-order valence-corrected chi connectivity index (χ1v) is 14.8. The lowest BCUT2D eigenvalue weighted by molar-refractivity contribution is -0.280. The van der Waals surface area contributed by atoms with Crippen molar-refractivity contribution in [2.75, 3.05) is 6.16 Å². The van der Waals surface area contributed by atoms with Crippen molar-refractivity contribution in [2.24, 2.45) is 11.8 Å². The van der Waals surface area contributed by atoms with Gasteiger partial charge in [-0.2, -0.15) is 26.3 Å². The molecule has 0 saturated carbocycles. The molecule has 0 aliphatic heterocycles. The van der Waals surface area contributed by atoms with Crippen LogP contribution < -0.4 is 5.30 Å². The first-order chi connectivity index (χ1) is 17.5. The number of unbranched alkanes of at least 4 members (excludes halogenated alkanes) is 3. The summed E-state index contributed by atoms with van der Waals surface area (Å²) < 4.78 is 148. The molecule has 0 heterocycles. The van der Waals surface area contributed by atoms with E-state index >= 15 is 8.78 Å². The highest BCUT2D eigenvalue weighted by molar-refractivity contribution is 7.66. The van der Waals surface area contributed by atoms with E-state index in [0.717, 1.165) is 19.3 Å². The number of hydrogen-bond acceptors (Lipinski definition) is 0. The summed E-state index contributed by atoms with van der Waals surface area (Å²) in [5.74, 6) is -20.5. The van der Waals surface area contributed by atoms with Gasteiger partial charge in [-0.05, 0) is 31.3 Å². The normalized spacial score (nSPS) is 15.6. The Morgan fingerprint density at radius 3 is 1.84 bits per heavy atom. The van der Waals surface area contributed by atoms with Gasteiger partial charge in [0, 0.05) is 19.9 Å². The molecule has 11 heteroatoms. The first-order valence-electron chi connectivity index (χ1n) is 13.2. The third-order valence-electron chi connectivity index (χ3n) is 7.09. The van der Waals surface area contributed by atoms with Crippen molar-refractivity contribution in [2.45, 2.75) is 116 Å². The SMILES string of the molecule is CCCCCCC(F)(F)C(F)(F)C(F)(F)P(CC(C)CCC(CC)CCC)c1c(F)c(C)c(F)c(F)c1F. The van der Waals surface area contributed by atoms with E-state index in [1.54, 1.807) is 6.92 Å². The van der Waals surface area contributed by atoms with Crippen molar-refractivity contribution < 1.29 is 43.9 Å². The van der Waals surface area contributed by atoms with E-state index in [4.69, 9.17) is 0 Å². The summed E-state index contributed by atoms with van der Waals surface area (Å²) >= 11 is 0. The van der Waals surface area contributed by atoms with E-state index in [9.17, 15) is 35.1 Å². The Bertz CT molecular complexity index is 858. The van der Waals surface area contributed by atoms with Gasteiger partial charge in [-0.1, -0.05) is 79.1 Å². The molecule has 0 nitrogen and oxygen atoms in total. The van der Waals surface area contributed by atoms with Gasteiger partial charge in [0.05, 0.1) is 5.30 Å². The predicted octanol–water partition coefficient (Wildman–Crippen LogP) is 10.7. The second kappa shape index (κ2) is 14.5. The zero-order valence-corrected chi connectivity index (χ0v) is 23.6. The van der Waals surface area contributed by atoms with Crippen LogP contribution in [0.5, 0.6) is 0 Å². The fourth-order valence-corrected chi connectivity index (χ4v) is 7.26. The highest BCUT2D eigenvalue weighted by Gasteiger charge is 2.73. The molecule has 0 aromatic heterocycles. The van der Waals surface area contributed by atoms with Gasteiger partial charge in [0.25, 0.3) is 0 Å². The Morgan fingerprint density at radius 1 is 0.711 bits per heavy atom. The molecule has 0 aliphatic carbocycles. The van der Waals surface area contributed by atoms with E-state index in [2.05, 4.69) is 0 Å². The summed E-state index contributed by atoms with van der Waals surface area (Å²) in [7, 11) is -4.06. The molecule has 0 bridgehead atoms. The number of hydrogen-bond donors (Lipinski definition) is 0. The second-order valence-corrected chi connectivity index (χ2v) is 12.4. The zero-order chi connectivity index (χ0) is 29.5. The molecule has 38 heavy (non-hydrogen) atoms. The average molecular weight is 585 g/mol. The molecule has 1 aromatic rings. The minimum Gasteiger partial charge on any atom is -0.206 e. The minimum atomic E-state index is -5.98. The van der Waals surface area contributed by atoms with Gasteiger partial charge in [0.2, 0.25) is 0 Å². The topological polar surface area (TPSA) is 0 Å². The molecule has 3 atom stereocenters. The maximum Gasteiger partial charge on any atom is 0.376 e. The Balaban J connectivity index is 3.56. The van der Waals surface area contributed by atoms with Gasteiger partial charge in [0.1, 0.15) is 5.82 Å². The standard InChI is InChI=1S/C27H39F10P/c1-6-9-10-11-15-25(32,33)26(34,35)27(36,37)38(16-17(4)13-14-19(8-3)12-7-2)24-21(29)18(5)20(28)22(30)23(24)31/h17,19H,6-16H2,1-5H3. The highest BCUT2D eigenvalue weighted by atomic mass is 31.1. The van der Waals surface area contributed by atoms with Crippen LogP contribution >= 0.6 is 7.92 Å². The van der Waals surface area contributed by atoms with E-state index < -0.39 is 84.5 Å². The van der Waals surface area contributed by atoms with E-state index in [-0.39, 0.29) is 18.8 Å². The third-order valence-corrected chi connectivity index (χ3v) is 9.97. The van der Waals surface area contributed by atoms with Crippen molar-refractivity contribution in [3.05, 3.63) is 28.8 Å². The number of benzene rings is 1. The van der Waals surface area contributed by atoms with Crippen LogP contribution in [0.1, 0.15) is 97.5 Å². The van der Waals surface area contributed by atoms with Crippen molar-refractivity contribution in [3.63, 3.8) is 0 Å². The van der Waals surface area contributed by atoms with Gasteiger partial charge in [0.15, 0.2) is 17.5 Å². The summed E-state index contributed by atoms with van der Waals surface area (Å²) in [4.78, 5) is 0. The molecule has 0 amide bonds. The monoisotopic (exact) mass is 584 g/mol. The first kappa shape index (κ1) is 35.0. The number of rotatable bonds is 17. The number of halogens is 10. The molecular weight excluding hydrogens is 545 g/mol. The summed E-state index contributed by atoms with van der Waals surface area (Å²) in [6.07, 6.45) is 1.31. The van der Waals surface area contributed by atoms with Gasteiger partial charge in [-0.3, -0.25) is 0 Å². The molecule has 0 N–H and O–H groups in total. The quantitative estimate of drug-likeness (QED) is 0.0562. The smallest absolute Gasteiger partial charge is 0.206 e. The maximum atomic E-state index is 15.5. The molecule has 1 rings (SSSR count). The van der Waals surface area contributed by atoms with Crippen LogP contribution in [-0.2, 0) is 0 Å². The second-order valence-electron chi connectivity index (χ2n) is 10.2. The van der Waals surface area contributed by atoms with Crippen molar-refractivity contribution >= 4 is 13.2 Å². The summed E-state index contributed by atoms with van der Waals surface area (Å²) in [5, 5.41) is -1.77. The molecule has 0 spiro atoms. The molecular formula is C27H39F10P. The van der Waals surface area contributed by atoms with Crippen LogP contribution in [0.2, 0.25) is 0 Å². The lowest BCUT2D eigenvalue weighted by Gasteiger charge is -2.39. The predicted molar refractivity (Wildman–Crippen MR) is 133 cm³/mol. The van der Waals surface area contributed by atoms with Crippen molar-refractivity contribution in [1.82, 2.24) is 0 Å². The van der Waals surface area contributed by atoms with Crippen LogP contribution in [0, 0.1) is 42.0 Å². The lowest BCUT2D eigenvalue weighted by Crippen LogP contribution is -2.54. The molecule has 3 unspecified atom stereocenters. The van der Waals surface area contributed by atoms with Crippen LogP contribution in [0.25, 0.3) is 0 Å². The van der Waals surface area contributed by atoms with E-state index in [1.165, 1.54) is 6.92 Å². The molecule has 0 fully saturated rings. The Morgan fingerprint density at radius 2 is 1.32 bits per heavy atom. The molecule has 1 aromatic carbocycles. The lowest BCUT2D eigenvalue weighted by atomic mass is 9.92. The Labute approximate surface area is 220 Å². The highest BCUT2D eigenvalue weighted by Crippen LogP contribution is 2.64. The van der Waals surface area contributed by atoms with Crippen LogP contribution in [0.15, 0.2) is 0 Å². The minimum absolute atomic E-state index is 0.113. The summed E-state index contributed by atoms with van der Waals surface area (Å²) in [6, 6.07) is 0. The van der Waals surface area contributed by atoms with Gasteiger partial charge in [-0.15, -0.1) is 0 Å². The fraction of sp³-hybridized carbons (Fsp3) is 0.778. The Kier molecular flexibility index (Phi) is 13.4.